The number of piperazine rings is 1. The molecule has 7 heterocycles. The zero-order valence-electron chi connectivity index (χ0n) is 28.5. The van der Waals surface area contributed by atoms with Gasteiger partial charge in [-0.15, -0.1) is 6.58 Å². The van der Waals surface area contributed by atoms with Crippen LogP contribution in [0.2, 0.25) is 0 Å². The second kappa shape index (κ2) is 13.0. The lowest BCUT2D eigenvalue weighted by Gasteiger charge is -2.50. The Hall–Kier alpha value is -5.04. The monoisotopic (exact) mass is 674 g/mol. The fourth-order valence-corrected chi connectivity index (χ4v) is 7.82. The van der Waals surface area contributed by atoms with E-state index in [1.165, 1.54) is 20.4 Å². The van der Waals surface area contributed by atoms with Crippen LogP contribution in [0.5, 0.6) is 0 Å². The lowest BCUT2D eigenvalue weighted by atomic mass is 9.98. The molecule has 12 nitrogen and oxygen atoms in total. The Morgan fingerprint density at radius 1 is 1.06 bits per heavy atom. The van der Waals surface area contributed by atoms with Gasteiger partial charge in [0.1, 0.15) is 22.8 Å². The Labute approximate surface area is 289 Å². The summed E-state index contributed by atoms with van der Waals surface area (Å²) >= 11 is 0. The molecule has 2 saturated heterocycles. The van der Waals surface area contributed by atoms with Crippen LogP contribution in [0.3, 0.4) is 0 Å². The number of aromatic nitrogens is 5. The van der Waals surface area contributed by atoms with Crippen molar-refractivity contribution in [2.45, 2.75) is 57.3 Å². The van der Waals surface area contributed by atoms with E-state index in [9.17, 15) is 14.7 Å². The van der Waals surface area contributed by atoms with Gasteiger partial charge in [0.25, 0.3) is 11.1 Å². The summed E-state index contributed by atoms with van der Waals surface area (Å²) in [6, 6.07) is 10.4. The van der Waals surface area contributed by atoms with Gasteiger partial charge in [0.15, 0.2) is 0 Å². The van der Waals surface area contributed by atoms with Gasteiger partial charge in [0, 0.05) is 67.8 Å². The molecule has 2 aliphatic heterocycles. The van der Waals surface area contributed by atoms with Gasteiger partial charge in [-0.2, -0.15) is 0 Å². The van der Waals surface area contributed by atoms with Crippen molar-refractivity contribution in [2.24, 2.45) is 7.05 Å². The molecule has 2 atom stereocenters. The lowest BCUT2D eigenvalue weighted by Crippen LogP contribution is -2.63. The number of nitrogens with zero attached hydrogens (tertiary/aromatic N) is 7. The molecule has 258 valence electrons. The van der Waals surface area contributed by atoms with Crippen molar-refractivity contribution < 1.29 is 9.84 Å². The molecule has 1 aliphatic carbocycles. The summed E-state index contributed by atoms with van der Waals surface area (Å²) in [5.74, 6) is 0.885. The Morgan fingerprint density at radius 3 is 2.64 bits per heavy atom. The molecule has 0 radical (unpaired) electrons. The first-order chi connectivity index (χ1) is 24.3. The van der Waals surface area contributed by atoms with Crippen molar-refractivity contribution in [3.8, 4) is 16.9 Å². The summed E-state index contributed by atoms with van der Waals surface area (Å²) in [6.07, 6.45) is 15.0. The molecule has 0 spiro atoms. The molecule has 12 heteroatoms. The van der Waals surface area contributed by atoms with Gasteiger partial charge in [-0.1, -0.05) is 6.08 Å². The van der Waals surface area contributed by atoms with Crippen LogP contribution in [0.15, 0.2) is 83.6 Å². The number of pyridine rings is 3. The van der Waals surface area contributed by atoms with Crippen molar-refractivity contribution >= 4 is 22.7 Å². The highest BCUT2D eigenvalue weighted by atomic mass is 16.5. The van der Waals surface area contributed by atoms with Gasteiger partial charge in [0.2, 0.25) is 0 Å². The molecule has 0 unspecified atom stereocenters. The third-order valence-electron chi connectivity index (χ3n) is 10.6. The number of hydrogen-bond acceptors (Lipinski definition) is 9. The van der Waals surface area contributed by atoms with Gasteiger partial charge in [-0.25, -0.2) is 9.97 Å². The molecular formula is C38H42N8O4. The minimum absolute atomic E-state index is 0.147. The van der Waals surface area contributed by atoms with Crippen LogP contribution < -0.4 is 21.3 Å². The number of aryl methyl sites for hydroxylation is 3. The summed E-state index contributed by atoms with van der Waals surface area (Å²) in [4.78, 5) is 41.2. The first-order valence-electron chi connectivity index (χ1n) is 17.3. The summed E-state index contributed by atoms with van der Waals surface area (Å²) in [7, 11) is 1.69. The third kappa shape index (κ3) is 5.53. The van der Waals surface area contributed by atoms with E-state index in [-0.39, 0.29) is 23.8 Å². The molecule has 8 rings (SSSR count). The number of nitrogens with one attached hydrogen (secondary N) is 1. The van der Waals surface area contributed by atoms with E-state index >= 15 is 0 Å². The molecular weight excluding hydrogens is 632 g/mol. The van der Waals surface area contributed by atoms with Crippen LogP contribution in [0, 0.1) is 0 Å². The van der Waals surface area contributed by atoms with E-state index < -0.39 is 0 Å². The number of ether oxygens (including phenoxy) is 1. The van der Waals surface area contributed by atoms with Crippen molar-refractivity contribution in [1.29, 1.82) is 0 Å². The van der Waals surface area contributed by atoms with Crippen molar-refractivity contribution in [2.75, 3.05) is 36.5 Å². The van der Waals surface area contributed by atoms with E-state index in [0.717, 1.165) is 57.7 Å². The number of anilines is 3. The number of aliphatic hydroxyl groups excluding tert-OH is 1. The fraction of sp³-hybridized carbons (Fsp3) is 0.368. The molecule has 0 saturated carbocycles. The molecule has 0 amide bonds. The number of rotatable bonds is 8. The van der Waals surface area contributed by atoms with Gasteiger partial charge < -0.3 is 29.0 Å². The zero-order valence-corrected chi connectivity index (χ0v) is 28.5. The van der Waals surface area contributed by atoms with Gasteiger partial charge >= 0.3 is 0 Å². The molecule has 3 aliphatic rings. The van der Waals surface area contributed by atoms with Crippen LogP contribution >= 0.6 is 0 Å². The molecule has 5 aromatic heterocycles. The van der Waals surface area contributed by atoms with E-state index in [4.69, 9.17) is 4.74 Å². The Morgan fingerprint density at radius 2 is 1.90 bits per heavy atom. The molecule has 2 fully saturated rings. The average Bonchev–Trinajstić information content (AvgIpc) is 3.50. The van der Waals surface area contributed by atoms with E-state index in [2.05, 4.69) is 38.6 Å². The molecule has 0 aromatic carbocycles. The number of fused-ring (bicyclic) bond motifs is 3. The zero-order chi connectivity index (χ0) is 34.5. The number of aliphatic hydroxyl groups is 1. The number of hydrogen-bond donors (Lipinski definition) is 2. The van der Waals surface area contributed by atoms with Gasteiger partial charge in [0.05, 0.1) is 43.8 Å². The summed E-state index contributed by atoms with van der Waals surface area (Å²) in [6.45, 7) is 9.29. The largest absolute Gasteiger partial charge is 0.392 e. The minimum atomic E-state index is -0.352. The lowest BCUT2D eigenvalue weighted by molar-refractivity contribution is -0.0818. The quantitative estimate of drug-likeness (QED) is 0.237. The van der Waals surface area contributed by atoms with Crippen molar-refractivity contribution in [1.82, 2.24) is 28.4 Å². The van der Waals surface area contributed by atoms with E-state index in [1.54, 1.807) is 37.8 Å². The maximum Gasteiger partial charge on any atom is 0.280 e. The van der Waals surface area contributed by atoms with Crippen LogP contribution in [-0.2, 0) is 31.2 Å². The van der Waals surface area contributed by atoms with Crippen molar-refractivity contribution in [3.05, 3.63) is 111 Å². The predicted molar refractivity (Wildman–Crippen MR) is 194 cm³/mol. The van der Waals surface area contributed by atoms with E-state index in [0.29, 0.717) is 51.6 Å². The molecule has 50 heavy (non-hydrogen) atoms. The van der Waals surface area contributed by atoms with Gasteiger partial charge in [-0.05, 0) is 74.1 Å². The van der Waals surface area contributed by atoms with Crippen LogP contribution in [0.4, 0.5) is 17.2 Å². The predicted octanol–water partition coefficient (Wildman–Crippen LogP) is 3.82. The van der Waals surface area contributed by atoms with Crippen molar-refractivity contribution in [3.63, 3.8) is 0 Å². The molecule has 5 aromatic rings. The highest BCUT2D eigenvalue weighted by Gasteiger charge is 2.37. The maximum absolute atomic E-state index is 13.8. The normalized spacial score (nSPS) is 19.7. The van der Waals surface area contributed by atoms with Crippen LogP contribution in [0.25, 0.3) is 22.5 Å². The highest BCUT2D eigenvalue weighted by molar-refractivity contribution is 5.73. The van der Waals surface area contributed by atoms with Gasteiger partial charge in [-0.3, -0.25) is 19.1 Å². The topological polar surface area (TPSA) is 122 Å². The highest BCUT2D eigenvalue weighted by Crippen LogP contribution is 2.31. The van der Waals surface area contributed by atoms with E-state index in [1.807, 2.05) is 41.1 Å². The maximum atomic E-state index is 13.8. The molecule has 2 N–H and O–H groups in total. The minimum Gasteiger partial charge on any atom is -0.392 e. The Kier molecular flexibility index (Phi) is 8.38. The second-order valence-corrected chi connectivity index (χ2v) is 13.6. The summed E-state index contributed by atoms with van der Waals surface area (Å²) in [5.41, 5.74) is 5.75. The van der Waals surface area contributed by atoms with Crippen LogP contribution in [-0.4, -0.2) is 77.9 Å². The first kappa shape index (κ1) is 32.2. The summed E-state index contributed by atoms with van der Waals surface area (Å²) < 4.78 is 10.4. The molecule has 0 bridgehead atoms. The summed E-state index contributed by atoms with van der Waals surface area (Å²) in [5, 5.41) is 13.9. The SMILES string of the molecule is C=C[C@H]1CN(C2COC2)[C@H](C)CN1c1ccc(Nc2cc(-c3ccnc(-n4ccn5c6c(cc5c4=O)CCCC6)c3CO)cn(C)c2=O)nc1. The Balaban J connectivity index is 1.08. The Bertz CT molecular complexity index is 2200. The first-order valence-corrected chi connectivity index (χ1v) is 17.3. The fourth-order valence-electron chi connectivity index (χ4n) is 7.82. The third-order valence-corrected chi connectivity index (χ3v) is 10.6. The average molecular weight is 675 g/mol. The smallest absolute Gasteiger partial charge is 0.280 e. The second-order valence-electron chi connectivity index (χ2n) is 13.6. The standard InChI is InChI=1S/C38H42N8O4/c1-4-27-20-45(29-22-50-23-29)24(2)18-46(27)28-9-10-35(40-17-28)41-32-15-26(19-42(3)37(32)48)30-11-12-39-36(31(30)21-47)44-14-13-43-33-8-6-5-7-25(33)16-34(43)38(44)49/h4,9-17,19,24,27,29,47H,1,5-8,18,20-23H2,2-3H3,(H,40,41)/t24-,27+/m1/s1. The van der Waals surface area contributed by atoms with Crippen LogP contribution in [0.1, 0.15) is 36.6 Å².